The molecule has 4 rings (SSSR count). The molecule has 7 heteroatoms. The molecule has 2 fully saturated rings. The van der Waals surface area contributed by atoms with Crippen LogP contribution in [0.1, 0.15) is 25.7 Å². The molecule has 4 aliphatic rings. The predicted molar refractivity (Wildman–Crippen MR) is 81.4 cm³/mol. The molecule has 0 unspecified atom stereocenters. The summed E-state index contributed by atoms with van der Waals surface area (Å²) in [6, 6.07) is -0.836. The van der Waals surface area contributed by atoms with E-state index in [1.807, 2.05) is 5.32 Å². The van der Waals surface area contributed by atoms with Crippen molar-refractivity contribution in [2.75, 3.05) is 0 Å². The summed E-state index contributed by atoms with van der Waals surface area (Å²) in [6.45, 7) is 0. The maximum atomic E-state index is 12.1. The van der Waals surface area contributed by atoms with Crippen molar-refractivity contribution in [3.63, 3.8) is 0 Å². The fraction of sp³-hybridized carbons (Fsp3) is 0.647. The van der Waals surface area contributed by atoms with Crippen molar-refractivity contribution >= 4 is 11.8 Å². The van der Waals surface area contributed by atoms with Crippen LogP contribution in [0.15, 0.2) is 24.3 Å². The molecular weight excluding hydrogens is 321 g/mol. The van der Waals surface area contributed by atoms with E-state index in [2.05, 4.69) is 12.2 Å². The van der Waals surface area contributed by atoms with Gasteiger partial charge in [-0.05, 0) is 49.4 Å². The van der Waals surface area contributed by atoms with E-state index < -0.39 is 30.0 Å². The quantitative estimate of drug-likeness (QED) is 0.756. The van der Waals surface area contributed by atoms with E-state index in [1.54, 1.807) is 12.2 Å². The number of carbonyl (C=O) groups is 2. The molecule has 24 heavy (non-hydrogen) atoms. The monoisotopic (exact) mass is 342 g/mol. The van der Waals surface area contributed by atoms with Crippen LogP contribution in [0.4, 0.5) is 13.2 Å². The molecular formula is C17H21F3N2O2. The average Bonchev–Trinajstić information content (AvgIpc) is 3.27. The summed E-state index contributed by atoms with van der Waals surface area (Å²) in [5.41, 5.74) is 5.15. The molecule has 2 saturated carbocycles. The van der Waals surface area contributed by atoms with E-state index in [-0.39, 0.29) is 11.8 Å². The highest BCUT2D eigenvalue weighted by molar-refractivity contribution is 5.84. The highest BCUT2D eigenvalue weighted by Gasteiger charge is 2.50. The van der Waals surface area contributed by atoms with E-state index in [0.717, 1.165) is 11.8 Å². The Labute approximate surface area is 138 Å². The van der Waals surface area contributed by atoms with Crippen LogP contribution in [0.25, 0.3) is 0 Å². The Morgan fingerprint density at radius 2 is 1.54 bits per heavy atom. The van der Waals surface area contributed by atoms with Gasteiger partial charge in [0.2, 0.25) is 5.91 Å². The number of allylic oxidation sites excluding steroid dienone is 3. The molecule has 0 aromatic carbocycles. The van der Waals surface area contributed by atoms with Gasteiger partial charge in [0.1, 0.15) is 0 Å². The summed E-state index contributed by atoms with van der Waals surface area (Å²) in [7, 11) is 0. The Bertz CT molecular complexity index is 573. The van der Waals surface area contributed by atoms with Crippen molar-refractivity contribution in [1.82, 2.24) is 5.32 Å². The van der Waals surface area contributed by atoms with Crippen LogP contribution < -0.4 is 11.1 Å². The van der Waals surface area contributed by atoms with Gasteiger partial charge in [-0.3, -0.25) is 9.59 Å². The highest BCUT2D eigenvalue weighted by Crippen LogP contribution is 2.43. The summed E-state index contributed by atoms with van der Waals surface area (Å²) >= 11 is 0. The van der Waals surface area contributed by atoms with Crippen LogP contribution >= 0.6 is 0 Å². The fourth-order valence-electron chi connectivity index (χ4n) is 4.36. The molecule has 132 valence electrons. The summed E-state index contributed by atoms with van der Waals surface area (Å²) in [4.78, 5) is 22.0. The first-order valence-electron chi connectivity index (χ1n) is 8.29. The van der Waals surface area contributed by atoms with Crippen molar-refractivity contribution in [3.8, 4) is 0 Å². The van der Waals surface area contributed by atoms with Crippen LogP contribution in [0, 0.1) is 29.6 Å². The first-order valence-corrected chi connectivity index (χ1v) is 8.29. The van der Waals surface area contributed by atoms with Gasteiger partial charge in [-0.1, -0.05) is 24.3 Å². The SMILES string of the molecule is C1=C[C@H]2CC[C@@H]1C2.NC(=O)[C@@H]1[C@H](NC(=O)C(F)(F)F)[C@H]2C=C[C@@H]1C2. The first kappa shape index (κ1) is 17.0. The van der Waals surface area contributed by atoms with E-state index in [9.17, 15) is 22.8 Å². The average molecular weight is 342 g/mol. The van der Waals surface area contributed by atoms with Gasteiger partial charge in [0, 0.05) is 6.04 Å². The minimum Gasteiger partial charge on any atom is -0.369 e. The van der Waals surface area contributed by atoms with Crippen molar-refractivity contribution in [2.45, 2.75) is 37.9 Å². The summed E-state index contributed by atoms with van der Waals surface area (Å²) in [5.74, 6) is -1.84. The molecule has 0 spiro atoms. The lowest BCUT2D eigenvalue weighted by Gasteiger charge is -2.26. The fourth-order valence-corrected chi connectivity index (χ4v) is 4.36. The Balaban J connectivity index is 0.000000198. The van der Waals surface area contributed by atoms with E-state index >= 15 is 0 Å². The van der Waals surface area contributed by atoms with Gasteiger partial charge in [0.05, 0.1) is 5.92 Å². The number of carbonyl (C=O) groups excluding carboxylic acids is 2. The first-order chi connectivity index (χ1) is 11.3. The minimum atomic E-state index is -4.94. The number of fused-ring (bicyclic) bond motifs is 4. The molecule has 0 radical (unpaired) electrons. The van der Waals surface area contributed by atoms with Gasteiger partial charge in [-0.15, -0.1) is 0 Å². The minimum absolute atomic E-state index is 0.156. The maximum Gasteiger partial charge on any atom is 0.471 e. The Morgan fingerprint density at radius 1 is 0.958 bits per heavy atom. The number of hydrogen-bond donors (Lipinski definition) is 2. The predicted octanol–water partition coefficient (Wildman–Crippen LogP) is 2.31. The van der Waals surface area contributed by atoms with Crippen LogP contribution in [0.3, 0.4) is 0 Å². The summed E-state index contributed by atoms with van der Waals surface area (Å²) in [5, 5.41) is 1.87. The van der Waals surface area contributed by atoms with Gasteiger partial charge in [-0.25, -0.2) is 0 Å². The van der Waals surface area contributed by atoms with E-state index in [1.165, 1.54) is 19.3 Å². The molecule has 6 atom stereocenters. The summed E-state index contributed by atoms with van der Waals surface area (Å²) in [6.07, 6.45) is 8.32. The number of nitrogens with two attached hydrogens (primary N) is 1. The Morgan fingerprint density at radius 3 is 1.96 bits per heavy atom. The largest absolute Gasteiger partial charge is 0.471 e. The van der Waals surface area contributed by atoms with Crippen molar-refractivity contribution in [2.24, 2.45) is 35.3 Å². The molecule has 3 N–H and O–H groups in total. The molecule has 0 aromatic rings. The highest BCUT2D eigenvalue weighted by atomic mass is 19.4. The lowest BCUT2D eigenvalue weighted by atomic mass is 9.88. The Hall–Kier alpha value is -1.79. The number of primary amides is 1. The van der Waals surface area contributed by atoms with Gasteiger partial charge < -0.3 is 11.1 Å². The number of halogens is 3. The molecule has 0 heterocycles. The van der Waals surface area contributed by atoms with Gasteiger partial charge >= 0.3 is 12.1 Å². The zero-order valence-corrected chi connectivity index (χ0v) is 13.1. The second kappa shape index (κ2) is 6.26. The number of rotatable bonds is 2. The lowest BCUT2D eigenvalue weighted by molar-refractivity contribution is -0.175. The molecule has 4 nitrogen and oxygen atoms in total. The van der Waals surface area contributed by atoms with Crippen molar-refractivity contribution in [3.05, 3.63) is 24.3 Å². The molecule has 0 aliphatic heterocycles. The lowest BCUT2D eigenvalue weighted by Crippen LogP contribution is -2.51. The number of amides is 2. The second-order valence-corrected chi connectivity index (χ2v) is 7.09. The Kier molecular flexibility index (Phi) is 4.44. The van der Waals surface area contributed by atoms with Gasteiger partial charge in [-0.2, -0.15) is 13.2 Å². The van der Waals surface area contributed by atoms with Crippen LogP contribution in [-0.2, 0) is 9.59 Å². The van der Waals surface area contributed by atoms with Gasteiger partial charge in [0.25, 0.3) is 0 Å². The van der Waals surface area contributed by atoms with Crippen LogP contribution in [-0.4, -0.2) is 24.0 Å². The standard InChI is InChI=1S/C10H11F3N2O2.C7H10/c11-10(12,13)9(17)15-7-5-2-1-4(3-5)6(7)8(14)16;1-2-7-4-3-6(1)5-7/h1-2,4-7H,3H2,(H2,14,16)(H,15,17);1-2,6-7H,3-5H2/t4-,5+,6+,7-;6-,7+/m1./s1. The normalized spacial score (nSPS) is 38.1. The van der Waals surface area contributed by atoms with E-state index in [0.29, 0.717) is 6.42 Å². The zero-order valence-electron chi connectivity index (χ0n) is 13.1. The third kappa shape index (κ3) is 3.35. The second-order valence-electron chi connectivity index (χ2n) is 7.09. The molecule has 0 saturated heterocycles. The third-order valence-corrected chi connectivity index (χ3v) is 5.51. The van der Waals surface area contributed by atoms with E-state index in [4.69, 9.17) is 5.73 Å². The molecule has 4 aliphatic carbocycles. The zero-order chi connectivity index (χ0) is 17.5. The number of alkyl halides is 3. The molecule has 0 aromatic heterocycles. The number of hydrogen-bond acceptors (Lipinski definition) is 2. The topological polar surface area (TPSA) is 72.2 Å². The number of nitrogens with one attached hydrogen (secondary N) is 1. The van der Waals surface area contributed by atoms with Crippen molar-refractivity contribution < 1.29 is 22.8 Å². The maximum absolute atomic E-state index is 12.1. The smallest absolute Gasteiger partial charge is 0.369 e. The van der Waals surface area contributed by atoms with Gasteiger partial charge in [0.15, 0.2) is 0 Å². The summed E-state index contributed by atoms with van der Waals surface area (Å²) < 4.78 is 36.4. The van der Waals surface area contributed by atoms with Crippen LogP contribution in [0.2, 0.25) is 0 Å². The third-order valence-electron chi connectivity index (χ3n) is 5.51. The van der Waals surface area contributed by atoms with Crippen molar-refractivity contribution in [1.29, 1.82) is 0 Å². The molecule has 2 amide bonds. The molecule has 4 bridgehead atoms. The van der Waals surface area contributed by atoms with Crippen LogP contribution in [0.5, 0.6) is 0 Å².